The summed E-state index contributed by atoms with van der Waals surface area (Å²) < 4.78 is 5.31. The Bertz CT molecular complexity index is 372. The first-order valence-electron chi connectivity index (χ1n) is 4.92. The van der Waals surface area contributed by atoms with E-state index in [4.69, 9.17) is 4.74 Å². The van der Waals surface area contributed by atoms with Crippen molar-refractivity contribution >= 4 is 5.57 Å². The van der Waals surface area contributed by atoms with E-state index in [0.29, 0.717) is 0 Å². The van der Waals surface area contributed by atoms with Crippen LogP contribution in [0.2, 0.25) is 0 Å². The first-order valence-corrected chi connectivity index (χ1v) is 4.92. The highest BCUT2D eigenvalue weighted by Gasteiger charge is 2.05. The molecule has 0 fully saturated rings. The van der Waals surface area contributed by atoms with Gasteiger partial charge in [-0.2, -0.15) is 0 Å². The normalized spacial score (nSPS) is 12.4. The third kappa shape index (κ3) is 2.84. The Balaban J connectivity index is 3.15. The lowest BCUT2D eigenvalue weighted by Gasteiger charge is -2.10. The zero-order chi connectivity index (χ0) is 11.1. The fourth-order valence-corrected chi connectivity index (χ4v) is 1.44. The van der Waals surface area contributed by atoms with Crippen molar-refractivity contribution in [2.45, 2.75) is 6.92 Å². The molecule has 0 radical (unpaired) electrons. The van der Waals surface area contributed by atoms with Crippen LogP contribution in [0.4, 0.5) is 0 Å². The van der Waals surface area contributed by atoms with Crippen LogP contribution < -0.4 is 0 Å². The second-order valence-corrected chi connectivity index (χ2v) is 3.04. The molecule has 1 nitrogen and oxygen atoms in total. The molecule has 78 valence electrons. The number of ether oxygens (including phenoxy) is 1. The molecule has 1 heteroatoms. The average molecular weight is 200 g/mol. The summed E-state index contributed by atoms with van der Waals surface area (Å²) in [6, 6.07) is 10.1. The summed E-state index contributed by atoms with van der Waals surface area (Å²) in [7, 11) is 1.68. The van der Waals surface area contributed by atoms with Gasteiger partial charge in [0, 0.05) is 5.57 Å². The molecule has 0 aromatic heterocycles. The van der Waals surface area contributed by atoms with Crippen molar-refractivity contribution < 1.29 is 4.74 Å². The Kier molecular flexibility index (Phi) is 4.42. The predicted octanol–water partition coefficient (Wildman–Crippen LogP) is 3.81. The van der Waals surface area contributed by atoms with E-state index in [9.17, 15) is 0 Å². The fourth-order valence-electron chi connectivity index (χ4n) is 1.44. The van der Waals surface area contributed by atoms with Crippen LogP contribution in [-0.4, -0.2) is 7.11 Å². The third-order valence-corrected chi connectivity index (χ3v) is 2.12. The number of benzene rings is 1. The van der Waals surface area contributed by atoms with Gasteiger partial charge in [0.15, 0.2) is 0 Å². The molecule has 0 saturated heterocycles. The van der Waals surface area contributed by atoms with E-state index < -0.39 is 0 Å². The molecule has 0 heterocycles. The molecule has 15 heavy (non-hydrogen) atoms. The van der Waals surface area contributed by atoms with Crippen molar-refractivity contribution in [1.82, 2.24) is 0 Å². The van der Waals surface area contributed by atoms with Crippen molar-refractivity contribution in [3.63, 3.8) is 0 Å². The van der Waals surface area contributed by atoms with Crippen LogP contribution in [0, 0.1) is 0 Å². The van der Waals surface area contributed by atoms with E-state index in [1.54, 1.807) is 13.2 Å². The lowest BCUT2D eigenvalue weighted by Crippen LogP contribution is -1.92. The zero-order valence-electron chi connectivity index (χ0n) is 9.23. The van der Waals surface area contributed by atoms with Crippen LogP contribution in [0.1, 0.15) is 12.5 Å². The molecule has 0 aliphatic rings. The standard InChI is InChI=1S/C14H16O/c1-4-9-13(14(5-2)15-3)12-10-7-6-8-11-12/h4-11H,1H2,2-3H3/b13-9-,14-5+. The summed E-state index contributed by atoms with van der Waals surface area (Å²) in [4.78, 5) is 0. The van der Waals surface area contributed by atoms with Gasteiger partial charge < -0.3 is 4.74 Å². The van der Waals surface area contributed by atoms with Crippen LogP contribution >= 0.6 is 0 Å². The first kappa shape index (κ1) is 11.3. The number of rotatable bonds is 4. The molecular formula is C14H16O. The summed E-state index contributed by atoms with van der Waals surface area (Å²) in [5.41, 5.74) is 2.18. The fraction of sp³-hybridized carbons (Fsp3) is 0.143. The van der Waals surface area contributed by atoms with Gasteiger partial charge in [0.1, 0.15) is 5.76 Å². The Morgan fingerprint density at radius 1 is 1.27 bits per heavy atom. The van der Waals surface area contributed by atoms with Crippen molar-refractivity contribution in [1.29, 1.82) is 0 Å². The second-order valence-electron chi connectivity index (χ2n) is 3.04. The quantitative estimate of drug-likeness (QED) is 0.530. The topological polar surface area (TPSA) is 9.23 Å². The molecule has 0 saturated carbocycles. The van der Waals surface area contributed by atoms with Gasteiger partial charge in [-0.25, -0.2) is 0 Å². The summed E-state index contributed by atoms with van der Waals surface area (Å²) in [6.45, 7) is 5.67. The lowest BCUT2D eigenvalue weighted by molar-refractivity contribution is 0.310. The van der Waals surface area contributed by atoms with Crippen molar-refractivity contribution in [3.8, 4) is 0 Å². The molecule has 0 N–H and O–H groups in total. The summed E-state index contributed by atoms with van der Waals surface area (Å²) in [5.74, 6) is 0.862. The van der Waals surface area contributed by atoms with E-state index in [-0.39, 0.29) is 0 Å². The Morgan fingerprint density at radius 3 is 2.40 bits per heavy atom. The SMILES string of the molecule is C=C/C=C(\C(=C/C)OC)c1ccccc1. The maximum absolute atomic E-state index is 5.31. The number of hydrogen-bond donors (Lipinski definition) is 0. The Labute approximate surface area is 91.4 Å². The van der Waals surface area contributed by atoms with E-state index >= 15 is 0 Å². The van der Waals surface area contributed by atoms with Crippen LogP contribution in [-0.2, 0) is 4.74 Å². The highest BCUT2D eigenvalue weighted by molar-refractivity contribution is 5.78. The molecule has 0 spiro atoms. The largest absolute Gasteiger partial charge is 0.496 e. The summed E-state index contributed by atoms with van der Waals surface area (Å²) in [5, 5.41) is 0. The highest BCUT2D eigenvalue weighted by Crippen LogP contribution is 2.23. The second kappa shape index (κ2) is 5.86. The number of methoxy groups -OCH3 is 1. The molecule has 1 aromatic rings. The van der Waals surface area contributed by atoms with Gasteiger partial charge in [-0.05, 0) is 18.6 Å². The molecule has 0 amide bonds. The predicted molar refractivity (Wildman–Crippen MR) is 65.4 cm³/mol. The van der Waals surface area contributed by atoms with Gasteiger partial charge in [-0.1, -0.05) is 49.1 Å². The van der Waals surface area contributed by atoms with Crippen molar-refractivity contribution in [2.75, 3.05) is 7.11 Å². The van der Waals surface area contributed by atoms with Crippen molar-refractivity contribution in [2.24, 2.45) is 0 Å². The Morgan fingerprint density at radius 2 is 1.93 bits per heavy atom. The summed E-state index contributed by atoms with van der Waals surface area (Å²) in [6.07, 6.45) is 5.67. The molecule has 0 aliphatic carbocycles. The van der Waals surface area contributed by atoms with Gasteiger partial charge >= 0.3 is 0 Å². The molecule has 1 rings (SSSR count). The minimum Gasteiger partial charge on any atom is -0.496 e. The van der Waals surface area contributed by atoms with Gasteiger partial charge in [0.2, 0.25) is 0 Å². The van der Waals surface area contributed by atoms with E-state index in [1.807, 2.05) is 37.3 Å². The van der Waals surface area contributed by atoms with Gasteiger partial charge in [-0.3, -0.25) is 0 Å². The smallest absolute Gasteiger partial charge is 0.122 e. The minimum absolute atomic E-state index is 0.862. The molecular weight excluding hydrogens is 184 g/mol. The van der Waals surface area contributed by atoms with E-state index in [1.165, 1.54) is 0 Å². The molecule has 0 atom stereocenters. The van der Waals surface area contributed by atoms with Crippen LogP contribution in [0.15, 0.2) is 60.9 Å². The number of hydrogen-bond acceptors (Lipinski definition) is 1. The molecule has 0 aliphatic heterocycles. The molecule has 0 bridgehead atoms. The van der Waals surface area contributed by atoms with Crippen LogP contribution in [0.3, 0.4) is 0 Å². The van der Waals surface area contributed by atoms with Crippen LogP contribution in [0.5, 0.6) is 0 Å². The van der Waals surface area contributed by atoms with Gasteiger partial charge in [-0.15, -0.1) is 0 Å². The maximum Gasteiger partial charge on any atom is 0.122 e. The van der Waals surface area contributed by atoms with Crippen LogP contribution in [0.25, 0.3) is 5.57 Å². The monoisotopic (exact) mass is 200 g/mol. The minimum atomic E-state index is 0.862. The van der Waals surface area contributed by atoms with E-state index in [0.717, 1.165) is 16.9 Å². The lowest BCUT2D eigenvalue weighted by atomic mass is 10.0. The zero-order valence-corrected chi connectivity index (χ0v) is 9.23. The number of allylic oxidation sites excluding steroid dienone is 4. The van der Waals surface area contributed by atoms with Gasteiger partial charge in [0.25, 0.3) is 0 Å². The van der Waals surface area contributed by atoms with E-state index in [2.05, 4.69) is 18.7 Å². The Hall–Kier alpha value is -1.76. The molecule has 0 unspecified atom stereocenters. The summed E-state index contributed by atoms with van der Waals surface area (Å²) >= 11 is 0. The maximum atomic E-state index is 5.31. The average Bonchev–Trinajstić information content (AvgIpc) is 2.30. The van der Waals surface area contributed by atoms with Crippen molar-refractivity contribution in [3.05, 3.63) is 66.5 Å². The molecule has 1 aromatic carbocycles. The highest BCUT2D eigenvalue weighted by atomic mass is 16.5. The third-order valence-electron chi connectivity index (χ3n) is 2.12. The first-order chi connectivity index (χ1) is 7.33. The van der Waals surface area contributed by atoms with Gasteiger partial charge in [0.05, 0.1) is 7.11 Å².